The highest BCUT2D eigenvalue weighted by molar-refractivity contribution is 7.10. The van der Waals surface area contributed by atoms with Gasteiger partial charge in [-0.2, -0.15) is 0 Å². The van der Waals surface area contributed by atoms with Gasteiger partial charge in [-0.25, -0.2) is 4.98 Å². The molecular weight excluding hydrogens is 318 g/mol. The third-order valence-corrected chi connectivity index (χ3v) is 4.41. The molecule has 24 heavy (non-hydrogen) atoms. The van der Waals surface area contributed by atoms with Gasteiger partial charge in [-0.15, -0.1) is 11.3 Å². The zero-order valence-corrected chi connectivity index (χ0v) is 14.5. The van der Waals surface area contributed by atoms with Gasteiger partial charge in [0, 0.05) is 11.1 Å². The van der Waals surface area contributed by atoms with Gasteiger partial charge in [-0.1, -0.05) is 42.5 Å². The fourth-order valence-electron chi connectivity index (χ4n) is 2.26. The van der Waals surface area contributed by atoms with Crippen LogP contribution < -0.4 is 9.47 Å². The van der Waals surface area contributed by atoms with Crippen molar-refractivity contribution in [1.82, 2.24) is 4.98 Å². The molecule has 0 radical (unpaired) electrons. The summed E-state index contributed by atoms with van der Waals surface area (Å²) in [5.41, 5.74) is 3.21. The first-order valence-electron chi connectivity index (χ1n) is 7.69. The molecule has 1 heterocycles. The van der Waals surface area contributed by atoms with Crippen molar-refractivity contribution in [3.63, 3.8) is 0 Å². The molecule has 0 fully saturated rings. The Bertz CT molecular complexity index is 825. The van der Waals surface area contributed by atoms with Crippen LogP contribution in [-0.4, -0.2) is 12.1 Å². The second-order valence-electron chi connectivity index (χ2n) is 5.35. The van der Waals surface area contributed by atoms with E-state index in [1.807, 2.05) is 73.0 Å². The lowest BCUT2D eigenvalue weighted by Gasteiger charge is -2.11. The van der Waals surface area contributed by atoms with Crippen LogP contribution in [0.25, 0.3) is 12.2 Å². The van der Waals surface area contributed by atoms with Gasteiger partial charge in [-0.3, -0.25) is 0 Å². The normalized spacial score (nSPS) is 10.9. The van der Waals surface area contributed by atoms with Crippen molar-refractivity contribution in [1.29, 1.82) is 0 Å². The van der Waals surface area contributed by atoms with Gasteiger partial charge in [-0.05, 0) is 36.3 Å². The smallest absolute Gasteiger partial charge is 0.162 e. The van der Waals surface area contributed by atoms with Crippen LogP contribution in [0, 0.1) is 6.92 Å². The molecule has 0 bridgehead atoms. The monoisotopic (exact) mass is 337 g/mol. The lowest BCUT2D eigenvalue weighted by molar-refractivity contribution is 0.284. The van der Waals surface area contributed by atoms with E-state index in [1.165, 1.54) is 0 Å². The van der Waals surface area contributed by atoms with Crippen molar-refractivity contribution in [2.75, 3.05) is 7.11 Å². The summed E-state index contributed by atoms with van der Waals surface area (Å²) in [4.78, 5) is 4.43. The first-order chi connectivity index (χ1) is 11.7. The fourth-order valence-corrected chi connectivity index (χ4v) is 2.95. The van der Waals surface area contributed by atoms with Crippen molar-refractivity contribution in [2.24, 2.45) is 0 Å². The van der Waals surface area contributed by atoms with Gasteiger partial charge in [0.2, 0.25) is 0 Å². The largest absolute Gasteiger partial charge is 0.493 e. The van der Waals surface area contributed by atoms with Gasteiger partial charge in [0.15, 0.2) is 11.5 Å². The average molecular weight is 337 g/mol. The van der Waals surface area contributed by atoms with Gasteiger partial charge < -0.3 is 9.47 Å². The number of ether oxygens (including phenoxy) is 2. The van der Waals surface area contributed by atoms with Gasteiger partial charge in [0.05, 0.1) is 7.11 Å². The molecule has 3 nitrogen and oxygen atoms in total. The van der Waals surface area contributed by atoms with E-state index >= 15 is 0 Å². The number of methoxy groups -OCH3 is 1. The number of rotatable bonds is 6. The summed E-state index contributed by atoms with van der Waals surface area (Å²) in [6.07, 6.45) is 4.05. The number of aromatic nitrogens is 1. The first-order valence-corrected chi connectivity index (χ1v) is 8.57. The molecule has 0 aliphatic carbocycles. The van der Waals surface area contributed by atoms with Crippen LogP contribution in [0.4, 0.5) is 0 Å². The van der Waals surface area contributed by atoms with Crippen LogP contribution in [0.1, 0.15) is 21.8 Å². The molecule has 0 N–H and O–H groups in total. The van der Waals surface area contributed by atoms with Crippen LogP contribution in [0.2, 0.25) is 0 Å². The Labute approximate surface area is 146 Å². The van der Waals surface area contributed by atoms with E-state index in [0.29, 0.717) is 6.61 Å². The van der Waals surface area contributed by atoms with E-state index in [4.69, 9.17) is 9.47 Å². The van der Waals surface area contributed by atoms with Gasteiger partial charge in [0.25, 0.3) is 0 Å². The number of benzene rings is 2. The number of thiazole rings is 1. The lowest BCUT2D eigenvalue weighted by atomic mass is 10.2. The first kappa shape index (κ1) is 16.3. The molecule has 0 spiro atoms. The molecule has 0 saturated heterocycles. The summed E-state index contributed by atoms with van der Waals surface area (Å²) >= 11 is 1.63. The second kappa shape index (κ2) is 7.79. The Balaban J connectivity index is 1.76. The molecule has 0 saturated carbocycles. The van der Waals surface area contributed by atoms with E-state index in [-0.39, 0.29) is 0 Å². The molecule has 2 aromatic carbocycles. The highest BCUT2D eigenvalue weighted by Crippen LogP contribution is 2.29. The van der Waals surface area contributed by atoms with Crippen molar-refractivity contribution < 1.29 is 9.47 Å². The molecule has 4 heteroatoms. The Kier molecular flexibility index (Phi) is 5.29. The Morgan fingerprint density at radius 1 is 1.04 bits per heavy atom. The van der Waals surface area contributed by atoms with Gasteiger partial charge >= 0.3 is 0 Å². The Hall–Kier alpha value is -2.59. The van der Waals surface area contributed by atoms with Crippen LogP contribution in [0.3, 0.4) is 0 Å². The van der Waals surface area contributed by atoms with Crippen molar-refractivity contribution in [3.05, 3.63) is 75.7 Å². The fraction of sp³-hybridized carbons (Fsp3) is 0.150. The van der Waals surface area contributed by atoms with E-state index in [9.17, 15) is 0 Å². The maximum atomic E-state index is 5.94. The minimum absolute atomic E-state index is 0.510. The molecular formula is C20H19NO2S. The quantitative estimate of drug-likeness (QED) is 0.619. The minimum atomic E-state index is 0.510. The topological polar surface area (TPSA) is 31.4 Å². The maximum Gasteiger partial charge on any atom is 0.162 e. The predicted molar refractivity (Wildman–Crippen MR) is 99.5 cm³/mol. The van der Waals surface area contributed by atoms with E-state index < -0.39 is 0 Å². The number of nitrogens with zero attached hydrogens (tertiary/aromatic N) is 1. The molecule has 122 valence electrons. The molecule has 1 aromatic heterocycles. The highest BCUT2D eigenvalue weighted by Gasteiger charge is 2.05. The third kappa shape index (κ3) is 4.24. The van der Waals surface area contributed by atoms with E-state index in [2.05, 4.69) is 4.98 Å². The number of hydrogen-bond donors (Lipinski definition) is 0. The second-order valence-corrected chi connectivity index (χ2v) is 6.23. The van der Waals surface area contributed by atoms with Crippen LogP contribution in [-0.2, 0) is 6.61 Å². The lowest BCUT2D eigenvalue weighted by Crippen LogP contribution is -1.97. The van der Waals surface area contributed by atoms with Crippen LogP contribution in [0.15, 0.2) is 53.9 Å². The number of hydrogen-bond acceptors (Lipinski definition) is 4. The zero-order chi connectivity index (χ0) is 16.8. The Morgan fingerprint density at radius 2 is 1.88 bits per heavy atom. The number of aryl methyl sites for hydroxylation is 1. The molecule has 0 aliphatic rings. The summed E-state index contributed by atoms with van der Waals surface area (Å²) in [5.74, 6) is 1.46. The SMILES string of the molecule is COc1ccc(/C=C/c2nc(C)cs2)cc1OCc1ccccc1. The van der Waals surface area contributed by atoms with Crippen molar-refractivity contribution >= 4 is 23.5 Å². The standard InChI is InChI=1S/C20H19NO2S/c1-15-14-24-20(21-15)11-9-16-8-10-18(22-2)19(12-16)23-13-17-6-4-3-5-7-17/h3-12,14H,13H2,1-2H3/b11-9+. The van der Waals surface area contributed by atoms with Gasteiger partial charge in [0.1, 0.15) is 11.6 Å². The molecule has 3 aromatic rings. The minimum Gasteiger partial charge on any atom is -0.493 e. The van der Waals surface area contributed by atoms with Crippen molar-refractivity contribution in [2.45, 2.75) is 13.5 Å². The van der Waals surface area contributed by atoms with Crippen LogP contribution in [0.5, 0.6) is 11.5 Å². The van der Waals surface area contributed by atoms with Crippen LogP contribution >= 0.6 is 11.3 Å². The summed E-state index contributed by atoms with van der Waals surface area (Å²) < 4.78 is 11.3. The van der Waals surface area contributed by atoms with Crippen molar-refractivity contribution in [3.8, 4) is 11.5 Å². The molecule has 0 aliphatic heterocycles. The third-order valence-electron chi connectivity index (χ3n) is 3.48. The predicted octanol–water partition coefficient (Wildman–Crippen LogP) is 5.21. The maximum absolute atomic E-state index is 5.94. The molecule has 3 rings (SSSR count). The zero-order valence-electron chi connectivity index (χ0n) is 13.7. The van der Waals surface area contributed by atoms with E-state index in [0.717, 1.165) is 33.3 Å². The molecule has 0 amide bonds. The highest BCUT2D eigenvalue weighted by atomic mass is 32.1. The van der Waals surface area contributed by atoms with E-state index in [1.54, 1.807) is 18.4 Å². The molecule has 0 atom stereocenters. The molecule has 0 unspecified atom stereocenters. The summed E-state index contributed by atoms with van der Waals surface area (Å²) in [7, 11) is 1.65. The summed E-state index contributed by atoms with van der Waals surface area (Å²) in [5, 5.41) is 3.04. The summed E-state index contributed by atoms with van der Waals surface area (Å²) in [6.45, 7) is 2.51. The summed E-state index contributed by atoms with van der Waals surface area (Å²) in [6, 6.07) is 16.0. The average Bonchev–Trinajstić information content (AvgIpc) is 3.04. The Morgan fingerprint density at radius 3 is 2.58 bits per heavy atom.